The molecule has 0 saturated carbocycles. The van der Waals surface area contributed by atoms with Crippen molar-refractivity contribution in [1.29, 1.82) is 0 Å². The van der Waals surface area contributed by atoms with Crippen LogP contribution in [0.2, 0.25) is 0 Å². The van der Waals surface area contributed by atoms with Crippen molar-refractivity contribution in [3.05, 3.63) is 34.8 Å². The number of aromatic nitrogens is 2. The van der Waals surface area contributed by atoms with Crippen molar-refractivity contribution in [3.8, 4) is 0 Å². The maximum absolute atomic E-state index is 11.8. The van der Waals surface area contributed by atoms with Crippen LogP contribution in [0.25, 0.3) is 0 Å². The molecule has 0 unspecified atom stereocenters. The average Bonchev–Trinajstić information content (AvgIpc) is 2.31. The summed E-state index contributed by atoms with van der Waals surface area (Å²) in [5, 5.41) is 7.14. The topological polar surface area (TPSA) is 50.2 Å². The first-order valence-corrected chi connectivity index (χ1v) is 5.68. The standard InChI is InChI=1S/C12H20N4O/c1-5-15(4)11-6-12(17)16(14-8-11)9-10(2)7-13-3/h6,8,13H,2,5,7,9H2,1,3-4H3. The monoisotopic (exact) mass is 236 g/mol. The first-order chi connectivity index (χ1) is 8.08. The van der Waals surface area contributed by atoms with Crippen LogP contribution in [0.3, 0.4) is 0 Å². The van der Waals surface area contributed by atoms with Gasteiger partial charge in [-0.15, -0.1) is 0 Å². The fourth-order valence-corrected chi connectivity index (χ4v) is 1.45. The molecule has 5 heteroatoms. The fraction of sp³-hybridized carbons (Fsp3) is 0.500. The van der Waals surface area contributed by atoms with E-state index in [2.05, 4.69) is 17.0 Å². The summed E-state index contributed by atoms with van der Waals surface area (Å²) in [7, 11) is 3.78. The van der Waals surface area contributed by atoms with Crippen LogP contribution in [0, 0.1) is 0 Å². The Hall–Kier alpha value is -1.62. The molecule has 0 spiro atoms. The first kappa shape index (κ1) is 13.4. The van der Waals surface area contributed by atoms with Gasteiger partial charge in [0.2, 0.25) is 0 Å². The minimum absolute atomic E-state index is 0.0972. The van der Waals surface area contributed by atoms with Gasteiger partial charge in [0, 0.05) is 26.2 Å². The van der Waals surface area contributed by atoms with Gasteiger partial charge in [-0.1, -0.05) is 6.58 Å². The van der Waals surface area contributed by atoms with Gasteiger partial charge in [0.05, 0.1) is 18.4 Å². The quantitative estimate of drug-likeness (QED) is 0.730. The van der Waals surface area contributed by atoms with E-state index in [1.807, 2.05) is 25.9 Å². The van der Waals surface area contributed by atoms with E-state index in [0.717, 1.165) is 17.8 Å². The molecule has 0 atom stereocenters. The van der Waals surface area contributed by atoms with Gasteiger partial charge in [-0.2, -0.15) is 5.10 Å². The second-order valence-electron chi connectivity index (χ2n) is 4.00. The Morgan fingerprint density at radius 2 is 2.35 bits per heavy atom. The van der Waals surface area contributed by atoms with E-state index in [1.165, 1.54) is 4.68 Å². The minimum Gasteiger partial charge on any atom is -0.373 e. The van der Waals surface area contributed by atoms with Crippen LogP contribution in [0.1, 0.15) is 6.92 Å². The lowest BCUT2D eigenvalue weighted by molar-refractivity contribution is 0.615. The van der Waals surface area contributed by atoms with Crippen molar-refractivity contribution >= 4 is 5.69 Å². The summed E-state index contributed by atoms with van der Waals surface area (Å²) in [6, 6.07) is 1.60. The highest BCUT2D eigenvalue weighted by atomic mass is 16.1. The molecule has 1 rings (SSSR count). The van der Waals surface area contributed by atoms with Gasteiger partial charge in [0.25, 0.3) is 5.56 Å². The summed E-state index contributed by atoms with van der Waals surface area (Å²) in [6.07, 6.45) is 1.71. The number of nitrogens with zero attached hydrogens (tertiary/aromatic N) is 3. The van der Waals surface area contributed by atoms with Gasteiger partial charge in [0.15, 0.2) is 0 Å². The maximum atomic E-state index is 11.8. The highest BCUT2D eigenvalue weighted by Gasteiger charge is 2.04. The number of hydrogen-bond donors (Lipinski definition) is 1. The van der Waals surface area contributed by atoms with Crippen LogP contribution < -0.4 is 15.8 Å². The first-order valence-electron chi connectivity index (χ1n) is 5.68. The molecule has 5 nitrogen and oxygen atoms in total. The van der Waals surface area contributed by atoms with E-state index in [0.29, 0.717) is 13.1 Å². The average molecular weight is 236 g/mol. The Bertz CT molecular complexity index is 438. The minimum atomic E-state index is -0.0972. The summed E-state index contributed by atoms with van der Waals surface area (Å²) >= 11 is 0. The molecule has 0 aliphatic rings. The van der Waals surface area contributed by atoms with Gasteiger partial charge in [-0.05, 0) is 19.5 Å². The predicted octanol–water partition coefficient (Wildman–Crippen LogP) is 0.475. The summed E-state index contributed by atoms with van der Waals surface area (Å²) in [4.78, 5) is 13.8. The van der Waals surface area contributed by atoms with Crippen LogP contribution >= 0.6 is 0 Å². The van der Waals surface area contributed by atoms with E-state index in [4.69, 9.17) is 0 Å². The maximum Gasteiger partial charge on any atom is 0.269 e. The van der Waals surface area contributed by atoms with Crippen molar-refractivity contribution in [2.24, 2.45) is 0 Å². The molecule has 0 aliphatic carbocycles. The van der Waals surface area contributed by atoms with Crippen LogP contribution in [-0.4, -0.2) is 37.0 Å². The zero-order valence-corrected chi connectivity index (χ0v) is 10.7. The van der Waals surface area contributed by atoms with E-state index >= 15 is 0 Å². The molecule has 0 amide bonds. The molecular formula is C12H20N4O. The molecule has 1 aromatic heterocycles. The van der Waals surface area contributed by atoms with E-state index in [1.54, 1.807) is 12.3 Å². The Kier molecular flexibility index (Phi) is 4.90. The number of likely N-dealkylation sites (N-methyl/N-ethyl adjacent to an activating group) is 1. The molecule has 0 aliphatic heterocycles. The molecule has 94 valence electrons. The third-order valence-corrected chi connectivity index (χ3v) is 2.57. The Morgan fingerprint density at radius 3 is 2.88 bits per heavy atom. The third-order valence-electron chi connectivity index (χ3n) is 2.57. The fourth-order valence-electron chi connectivity index (χ4n) is 1.45. The molecule has 1 heterocycles. The van der Waals surface area contributed by atoms with Gasteiger partial charge in [-0.3, -0.25) is 4.79 Å². The van der Waals surface area contributed by atoms with Crippen LogP contribution in [0.4, 0.5) is 5.69 Å². The molecule has 0 radical (unpaired) electrons. The van der Waals surface area contributed by atoms with Crippen LogP contribution in [0.5, 0.6) is 0 Å². The SMILES string of the molecule is C=C(CNC)Cn1ncc(N(C)CC)cc1=O. The van der Waals surface area contributed by atoms with E-state index in [9.17, 15) is 4.79 Å². The number of hydrogen-bond acceptors (Lipinski definition) is 4. The molecule has 0 bridgehead atoms. The Balaban J connectivity index is 2.83. The van der Waals surface area contributed by atoms with Crippen molar-refractivity contribution in [1.82, 2.24) is 15.1 Å². The van der Waals surface area contributed by atoms with Gasteiger partial charge < -0.3 is 10.2 Å². The normalized spacial score (nSPS) is 10.3. The van der Waals surface area contributed by atoms with Crippen molar-refractivity contribution in [3.63, 3.8) is 0 Å². The lowest BCUT2D eigenvalue weighted by Crippen LogP contribution is -2.27. The van der Waals surface area contributed by atoms with E-state index < -0.39 is 0 Å². The molecule has 17 heavy (non-hydrogen) atoms. The highest BCUT2D eigenvalue weighted by molar-refractivity contribution is 5.41. The highest BCUT2D eigenvalue weighted by Crippen LogP contribution is 2.06. The zero-order chi connectivity index (χ0) is 12.8. The van der Waals surface area contributed by atoms with Crippen LogP contribution in [0.15, 0.2) is 29.2 Å². The molecule has 0 saturated heterocycles. The summed E-state index contributed by atoms with van der Waals surface area (Å²) in [5.41, 5.74) is 1.67. The molecule has 1 N–H and O–H groups in total. The summed E-state index contributed by atoms with van der Waals surface area (Å²) < 4.78 is 1.42. The third kappa shape index (κ3) is 3.71. The predicted molar refractivity (Wildman–Crippen MR) is 70.5 cm³/mol. The zero-order valence-electron chi connectivity index (χ0n) is 10.7. The second-order valence-corrected chi connectivity index (χ2v) is 4.00. The molecule has 0 fully saturated rings. The number of nitrogens with one attached hydrogen (secondary N) is 1. The van der Waals surface area contributed by atoms with Gasteiger partial charge in [-0.25, -0.2) is 4.68 Å². The lowest BCUT2D eigenvalue weighted by atomic mass is 10.3. The van der Waals surface area contributed by atoms with Gasteiger partial charge >= 0.3 is 0 Å². The number of rotatable bonds is 6. The lowest BCUT2D eigenvalue weighted by Gasteiger charge is -2.16. The molecule has 1 aromatic rings. The van der Waals surface area contributed by atoms with Crippen molar-refractivity contribution < 1.29 is 0 Å². The summed E-state index contributed by atoms with van der Waals surface area (Å²) in [6.45, 7) is 7.89. The van der Waals surface area contributed by atoms with Crippen LogP contribution in [-0.2, 0) is 6.54 Å². The molecular weight excluding hydrogens is 216 g/mol. The van der Waals surface area contributed by atoms with Crippen molar-refractivity contribution in [2.75, 3.05) is 32.1 Å². The van der Waals surface area contributed by atoms with Gasteiger partial charge in [0.1, 0.15) is 0 Å². The number of anilines is 1. The largest absolute Gasteiger partial charge is 0.373 e. The Labute approximate surface area is 102 Å². The summed E-state index contributed by atoms with van der Waals surface area (Å²) in [5.74, 6) is 0. The van der Waals surface area contributed by atoms with Crippen molar-refractivity contribution in [2.45, 2.75) is 13.5 Å². The second kappa shape index (κ2) is 6.20. The molecule has 0 aromatic carbocycles. The smallest absolute Gasteiger partial charge is 0.269 e. The Morgan fingerprint density at radius 1 is 1.65 bits per heavy atom. The van der Waals surface area contributed by atoms with E-state index in [-0.39, 0.29) is 5.56 Å².